The highest BCUT2D eigenvalue weighted by Gasteiger charge is 2.39. The Balaban J connectivity index is 2.09. The molecule has 1 aliphatic heterocycles. The number of nitrogens with zero attached hydrogens (tertiary/aromatic N) is 1. The summed E-state index contributed by atoms with van der Waals surface area (Å²) in [5.74, 6) is 0.617. The molecule has 4 heteroatoms. The molecule has 0 saturated carbocycles. The van der Waals surface area contributed by atoms with Crippen molar-refractivity contribution in [1.29, 1.82) is 0 Å². The molecule has 1 aromatic carbocycles. The molecule has 2 rings (SSSR count). The van der Waals surface area contributed by atoms with Gasteiger partial charge in [-0.2, -0.15) is 0 Å². The molecule has 2 N–H and O–H groups in total. The van der Waals surface area contributed by atoms with E-state index < -0.39 is 5.60 Å². The molecule has 22 heavy (non-hydrogen) atoms. The van der Waals surface area contributed by atoms with Crippen molar-refractivity contribution >= 4 is 5.91 Å². The van der Waals surface area contributed by atoms with E-state index >= 15 is 0 Å². The highest BCUT2D eigenvalue weighted by atomic mass is 16.3. The average Bonchev–Trinajstić information content (AvgIpc) is 2.48. The molecular weight excluding hydrogens is 278 g/mol. The third-order valence-corrected chi connectivity index (χ3v) is 4.63. The van der Waals surface area contributed by atoms with Crippen LogP contribution in [0.4, 0.5) is 0 Å². The van der Waals surface area contributed by atoms with Crippen LogP contribution in [-0.2, 0) is 6.61 Å². The largest absolute Gasteiger partial charge is 0.392 e. The number of hydrogen-bond donors (Lipinski definition) is 2. The van der Waals surface area contributed by atoms with Gasteiger partial charge in [0.2, 0.25) is 0 Å². The second-order valence-corrected chi connectivity index (χ2v) is 7.04. The molecule has 0 radical (unpaired) electrons. The zero-order chi connectivity index (χ0) is 16.3. The molecule has 0 bridgehead atoms. The fourth-order valence-electron chi connectivity index (χ4n) is 3.14. The SMILES string of the molecule is CC(C)C[C@H]1CN(C(=O)c2ccc(CO)cc2)CC[C@@]1(C)O. The third-order valence-electron chi connectivity index (χ3n) is 4.63. The Labute approximate surface area is 132 Å². The lowest BCUT2D eigenvalue weighted by atomic mass is 9.78. The van der Waals surface area contributed by atoms with Crippen molar-refractivity contribution in [3.63, 3.8) is 0 Å². The maximum Gasteiger partial charge on any atom is 0.253 e. The maximum absolute atomic E-state index is 12.6. The Bertz CT molecular complexity index is 508. The van der Waals surface area contributed by atoms with E-state index in [2.05, 4.69) is 13.8 Å². The standard InChI is InChI=1S/C18H27NO3/c1-13(2)10-16-11-19(9-8-18(16,3)22)17(21)15-6-4-14(12-20)5-7-15/h4-7,13,16,20,22H,8-12H2,1-3H3/t16-,18+/m0/s1. The quantitative estimate of drug-likeness (QED) is 0.898. The minimum atomic E-state index is -0.693. The topological polar surface area (TPSA) is 60.8 Å². The summed E-state index contributed by atoms with van der Waals surface area (Å²) in [5.41, 5.74) is 0.750. The van der Waals surface area contributed by atoms with E-state index in [9.17, 15) is 9.90 Å². The Morgan fingerprint density at radius 2 is 2.00 bits per heavy atom. The van der Waals surface area contributed by atoms with Gasteiger partial charge in [-0.05, 0) is 43.4 Å². The number of rotatable bonds is 4. The Hall–Kier alpha value is -1.39. The molecule has 4 nitrogen and oxygen atoms in total. The van der Waals surface area contributed by atoms with Gasteiger partial charge >= 0.3 is 0 Å². The van der Waals surface area contributed by atoms with E-state index in [0.29, 0.717) is 31.0 Å². The minimum Gasteiger partial charge on any atom is -0.392 e. The van der Waals surface area contributed by atoms with E-state index in [0.717, 1.165) is 12.0 Å². The van der Waals surface area contributed by atoms with Crippen LogP contribution in [0, 0.1) is 11.8 Å². The second kappa shape index (κ2) is 6.80. The van der Waals surface area contributed by atoms with E-state index in [1.165, 1.54) is 0 Å². The predicted octanol–water partition coefficient (Wildman–Crippen LogP) is 2.44. The number of amides is 1. The molecule has 0 aliphatic carbocycles. The first kappa shape index (κ1) is 17.0. The predicted molar refractivity (Wildman–Crippen MR) is 86.5 cm³/mol. The van der Waals surface area contributed by atoms with Crippen molar-refractivity contribution in [3.8, 4) is 0 Å². The van der Waals surface area contributed by atoms with Crippen LogP contribution < -0.4 is 0 Å². The molecule has 0 aromatic heterocycles. The first-order valence-corrected chi connectivity index (χ1v) is 8.05. The number of likely N-dealkylation sites (tertiary alicyclic amines) is 1. The molecule has 1 aliphatic rings. The molecule has 1 aromatic rings. The summed E-state index contributed by atoms with van der Waals surface area (Å²) in [7, 11) is 0. The zero-order valence-electron chi connectivity index (χ0n) is 13.7. The van der Waals surface area contributed by atoms with E-state index in [-0.39, 0.29) is 18.4 Å². The highest BCUT2D eigenvalue weighted by molar-refractivity contribution is 5.94. The van der Waals surface area contributed by atoms with Gasteiger partial charge in [-0.25, -0.2) is 0 Å². The normalized spacial score (nSPS) is 25.5. The summed E-state index contributed by atoms with van der Waals surface area (Å²) in [6.45, 7) is 7.35. The van der Waals surface area contributed by atoms with Crippen LogP contribution in [0.25, 0.3) is 0 Å². The Morgan fingerprint density at radius 3 is 2.55 bits per heavy atom. The van der Waals surface area contributed by atoms with Crippen molar-refractivity contribution in [2.45, 2.75) is 45.8 Å². The monoisotopic (exact) mass is 305 g/mol. The van der Waals surface area contributed by atoms with Crippen LogP contribution in [0.1, 0.15) is 49.5 Å². The number of carbonyl (C=O) groups excluding carboxylic acids is 1. The van der Waals surface area contributed by atoms with Crippen LogP contribution in [0.3, 0.4) is 0 Å². The van der Waals surface area contributed by atoms with Gasteiger partial charge in [0.05, 0.1) is 12.2 Å². The second-order valence-electron chi connectivity index (χ2n) is 7.04. The van der Waals surface area contributed by atoms with Gasteiger partial charge in [-0.15, -0.1) is 0 Å². The smallest absolute Gasteiger partial charge is 0.253 e. The van der Waals surface area contributed by atoms with Crippen LogP contribution in [0.2, 0.25) is 0 Å². The van der Waals surface area contributed by atoms with Gasteiger partial charge in [0.15, 0.2) is 0 Å². The van der Waals surface area contributed by atoms with Crippen molar-refractivity contribution in [2.75, 3.05) is 13.1 Å². The molecule has 1 heterocycles. The van der Waals surface area contributed by atoms with E-state index in [4.69, 9.17) is 5.11 Å². The number of carbonyl (C=O) groups is 1. The lowest BCUT2D eigenvalue weighted by molar-refractivity contribution is -0.0577. The summed E-state index contributed by atoms with van der Waals surface area (Å²) < 4.78 is 0. The summed E-state index contributed by atoms with van der Waals surface area (Å²) in [6, 6.07) is 7.08. The average molecular weight is 305 g/mol. The molecular formula is C18H27NO3. The molecule has 1 fully saturated rings. The minimum absolute atomic E-state index is 0.00810. The van der Waals surface area contributed by atoms with Gasteiger partial charge in [-0.3, -0.25) is 4.79 Å². The zero-order valence-corrected chi connectivity index (χ0v) is 13.7. The summed E-state index contributed by atoms with van der Waals surface area (Å²) in [6.07, 6.45) is 1.53. The molecule has 2 atom stereocenters. The number of piperidine rings is 1. The Morgan fingerprint density at radius 1 is 1.36 bits per heavy atom. The van der Waals surface area contributed by atoms with Crippen LogP contribution in [-0.4, -0.2) is 39.7 Å². The lowest BCUT2D eigenvalue weighted by Gasteiger charge is -2.43. The van der Waals surface area contributed by atoms with Crippen LogP contribution >= 0.6 is 0 Å². The summed E-state index contributed by atoms with van der Waals surface area (Å²) >= 11 is 0. The van der Waals surface area contributed by atoms with E-state index in [1.54, 1.807) is 24.3 Å². The summed E-state index contributed by atoms with van der Waals surface area (Å²) in [4.78, 5) is 14.5. The van der Waals surface area contributed by atoms with Gasteiger partial charge in [0, 0.05) is 24.6 Å². The highest BCUT2D eigenvalue weighted by Crippen LogP contribution is 2.32. The number of hydrogen-bond acceptors (Lipinski definition) is 3. The lowest BCUT2D eigenvalue weighted by Crippen LogP contribution is -2.52. The molecule has 1 saturated heterocycles. The first-order valence-electron chi connectivity index (χ1n) is 8.05. The fourth-order valence-corrected chi connectivity index (χ4v) is 3.14. The third kappa shape index (κ3) is 3.87. The van der Waals surface area contributed by atoms with Crippen molar-refractivity contribution in [1.82, 2.24) is 4.90 Å². The van der Waals surface area contributed by atoms with Crippen molar-refractivity contribution in [3.05, 3.63) is 35.4 Å². The van der Waals surface area contributed by atoms with Crippen molar-refractivity contribution < 1.29 is 15.0 Å². The first-order chi connectivity index (χ1) is 10.3. The van der Waals surface area contributed by atoms with Crippen molar-refractivity contribution in [2.24, 2.45) is 11.8 Å². The number of aliphatic hydroxyl groups is 2. The van der Waals surface area contributed by atoms with Gasteiger partial charge in [0.1, 0.15) is 0 Å². The molecule has 1 amide bonds. The molecule has 122 valence electrons. The Kier molecular flexibility index (Phi) is 5.24. The molecule has 0 spiro atoms. The summed E-state index contributed by atoms with van der Waals surface area (Å²) in [5, 5.41) is 19.6. The maximum atomic E-state index is 12.6. The fraction of sp³-hybridized carbons (Fsp3) is 0.611. The number of benzene rings is 1. The van der Waals surface area contributed by atoms with Gasteiger partial charge < -0.3 is 15.1 Å². The van der Waals surface area contributed by atoms with Gasteiger partial charge in [0.25, 0.3) is 5.91 Å². The molecule has 0 unspecified atom stereocenters. The number of aliphatic hydroxyl groups excluding tert-OH is 1. The van der Waals surface area contributed by atoms with Crippen LogP contribution in [0.5, 0.6) is 0 Å². The van der Waals surface area contributed by atoms with Gasteiger partial charge in [-0.1, -0.05) is 26.0 Å². The van der Waals surface area contributed by atoms with E-state index in [1.807, 2.05) is 11.8 Å². The van der Waals surface area contributed by atoms with Crippen LogP contribution in [0.15, 0.2) is 24.3 Å².